The van der Waals surface area contributed by atoms with Gasteiger partial charge in [-0.3, -0.25) is 9.69 Å². The van der Waals surface area contributed by atoms with Gasteiger partial charge >= 0.3 is 12.1 Å². The van der Waals surface area contributed by atoms with Crippen molar-refractivity contribution in [2.45, 2.75) is 56.5 Å². The number of alkyl halides is 3. The molecular weight excluding hydrogens is 497 g/mol. The van der Waals surface area contributed by atoms with E-state index < -0.39 is 12.1 Å². The zero-order valence-electron chi connectivity index (χ0n) is 20.1. The molecule has 1 saturated heterocycles. The molecular formula is C25H31F3N2O5S. The fraction of sp³-hybridized carbons (Fsp3) is 0.520. The van der Waals surface area contributed by atoms with Crippen molar-refractivity contribution < 1.29 is 37.3 Å². The van der Waals surface area contributed by atoms with Gasteiger partial charge in [-0.1, -0.05) is 37.1 Å². The Kier molecular flexibility index (Phi) is 9.75. The Hall–Kier alpha value is -2.63. The molecule has 1 aliphatic heterocycles. The number of ether oxygens (including phenoxy) is 2. The topological polar surface area (TPSA) is 88.1 Å². The van der Waals surface area contributed by atoms with E-state index in [1.54, 1.807) is 18.4 Å². The fourth-order valence-corrected chi connectivity index (χ4v) is 5.39. The highest BCUT2D eigenvalue weighted by molar-refractivity contribution is 7.10. The van der Waals surface area contributed by atoms with Crippen molar-refractivity contribution >= 4 is 23.2 Å². The maximum atomic E-state index is 12.7. The second-order valence-electron chi connectivity index (χ2n) is 8.86. The predicted molar refractivity (Wildman–Crippen MR) is 129 cm³/mol. The van der Waals surface area contributed by atoms with Crippen LogP contribution in [0, 0.1) is 0 Å². The Morgan fingerprint density at radius 1 is 1.25 bits per heavy atom. The van der Waals surface area contributed by atoms with Crippen LogP contribution >= 0.6 is 11.3 Å². The summed E-state index contributed by atoms with van der Waals surface area (Å²) in [6.07, 6.45) is -0.353. The van der Waals surface area contributed by atoms with E-state index in [1.165, 1.54) is 5.56 Å². The molecule has 2 unspecified atom stereocenters. The number of carbonyl (C=O) groups excluding carboxylic acids is 1. The van der Waals surface area contributed by atoms with Crippen molar-refractivity contribution in [3.63, 3.8) is 0 Å². The number of nitrogens with zero attached hydrogens (tertiary/aromatic N) is 1. The quantitative estimate of drug-likeness (QED) is 0.583. The lowest BCUT2D eigenvalue weighted by molar-refractivity contribution is -0.192. The molecule has 2 N–H and O–H groups in total. The lowest BCUT2D eigenvalue weighted by atomic mass is 9.78. The predicted octanol–water partition coefficient (Wildman–Crippen LogP) is 4.26. The first kappa shape index (κ1) is 27.9. The number of hydrogen-bond donors (Lipinski definition) is 2. The largest absolute Gasteiger partial charge is 0.496 e. The van der Waals surface area contributed by atoms with Crippen LogP contribution in [0.5, 0.6) is 5.75 Å². The molecule has 198 valence electrons. The second kappa shape index (κ2) is 12.6. The third-order valence-electron chi connectivity index (χ3n) is 6.35. The maximum Gasteiger partial charge on any atom is 0.490 e. The van der Waals surface area contributed by atoms with E-state index in [0.717, 1.165) is 55.9 Å². The summed E-state index contributed by atoms with van der Waals surface area (Å²) in [7, 11) is 1.72. The molecule has 36 heavy (non-hydrogen) atoms. The van der Waals surface area contributed by atoms with Crippen LogP contribution in [0.4, 0.5) is 13.2 Å². The van der Waals surface area contributed by atoms with Gasteiger partial charge in [0.1, 0.15) is 11.4 Å². The molecule has 1 saturated carbocycles. The highest BCUT2D eigenvalue weighted by atomic mass is 32.1. The van der Waals surface area contributed by atoms with Crippen LogP contribution < -0.4 is 10.1 Å². The number of methoxy groups -OCH3 is 1. The smallest absolute Gasteiger partial charge is 0.490 e. The number of aliphatic carboxylic acids is 1. The van der Waals surface area contributed by atoms with Crippen molar-refractivity contribution in [3.8, 4) is 5.75 Å². The number of hydrogen-bond acceptors (Lipinski definition) is 6. The van der Waals surface area contributed by atoms with Crippen LogP contribution in [0.25, 0.3) is 0 Å². The van der Waals surface area contributed by atoms with Gasteiger partial charge in [0.15, 0.2) is 0 Å². The molecule has 2 heterocycles. The van der Waals surface area contributed by atoms with Crippen molar-refractivity contribution in [2.75, 3.05) is 26.8 Å². The van der Waals surface area contributed by atoms with E-state index in [-0.39, 0.29) is 17.6 Å². The number of carboxylic acids is 1. The SMILES string of the molecule is COc1ccccc1CN1CCOC2(CCCCC2NC(=O)Cc2cccs2)C1.O=C(O)C(F)(F)F. The number of nitrogens with one attached hydrogen (secondary N) is 1. The van der Waals surface area contributed by atoms with E-state index >= 15 is 0 Å². The van der Waals surface area contributed by atoms with Gasteiger partial charge in [-0.25, -0.2) is 4.79 Å². The summed E-state index contributed by atoms with van der Waals surface area (Å²) in [6, 6.07) is 12.3. The van der Waals surface area contributed by atoms with E-state index in [4.69, 9.17) is 19.4 Å². The van der Waals surface area contributed by atoms with Crippen molar-refractivity contribution in [2.24, 2.45) is 0 Å². The number of thiophene rings is 1. The van der Waals surface area contributed by atoms with Gasteiger partial charge in [-0.15, -0.1) is 11.3 Å². The van der Waals surface area contributed by atoms with Gasteiger partial charge in [0, 0.05) is 30.1 Å². The summed E-state index contributed by atoms with van der Waals surface area (Å²) in [5.41, 5.74) is 0.907. The van der Waals surface area contributed by atoms with E-state index in [1.807, 2.05) is 29.6 Å². The Morgan fingerprint density at radius 3 is 2.67 bits per heavy atom. The molecule has 1 aromatic heterocycles. The number of carboxylic acid groups (broad SMARTS) is 1. The van der Waals surface area contributed by atoms with E-state index in [2.05, 4.69) is 22.3 Å². The number of benzene rings is 1. The minimum atomic E-state index is -5.08. The third kappa shape index (κ3) is 7.68. The standard InChI is InChI=1S/C23H30N2O3S.C2HF3O2/c1-27-20-9-3-2-7-18(20)16-25-12-13-28-23(17-25)11-5-4-10-21(23)24-22(26)15-19-8-6-14-29-19;3-2(4,5)1(6)7/h2-3,6-9,14,21H,4-5,10-13,15-17H2,1H3,(H,24,26);(H,6,7). The summed E-state index contributed by atoms with van der Waals surface area (Å²) >= 11 is 1.63. The summed E-state index contributed by atoms with van der Waals surface area (Å²) in [5.74, 6) is -1.73. The Balaban J connectivity index is 0.000000454. The number of morpholine rings is 1. The van der Waals surface area contributed by atoms with Gasteiger partial charge in [-0.05, 0) is 30.4 Å². The van der Waals surface area contributed by atoms with Gasteiger partial charge < -0.3 is 19.9 Å². The zero-order chi connectivity index (χ0) is 26.2. The minimum absolute atomic E-state index is 0.0733. The summed E-state index contributed by atoms with van der Waals surface area (Å²) in [4.78, 5) is 25.1. The lowest BCUT2D eigenvalue weighted by Crippen LogP contribution is -2.64. The normalized spacial score (nSPS) is 22.4. The Bertz CT molecular complexity index is 998. The summed E-state index contributed by atoms with van der Waals surface area (Å²) < 4.78 is 43.7. The third-order valence-corrected chi connectivity index (χ3v) is 7.22. The molecule has 7 nitrogen and oxygen atoms in total. The monoisotopic (exact) mass is 528 g/mol. The van der Waals surface area contributed by atoms with Crippen LogP contribution in [-0.4, -0.2) is 66.5 Å². The Labute approximate surface area is 212 Å². The number of para-hydroxylation sites is 1. The van der Waals surface area contributed by atoms with E-state index in [9.17, 15) is 18.0 Å². The zero-order valence-corrected chi connectivity index (χ0v) is 20.9. The molecule has 2 aliphatic rings. The fourth-order valence-electron chi connectivity index (χ4n) is 4.68. The molecule has 1 amide bonds. The van der Waals surface area contributed by atoms with Gasteiger partial charge in [0.2, 0.25) is 5.91 Å². The molecule has 2 fully saturated rings. The molecule has 1 aromatic carbocycles. The summed E-state index contributed by atoms with van der Waals surface area (Å²) in [5, 5.41) is 12.5. The summed E-state index contributed by atoms with van der Waals surface area (Å²) in [6.45, 7) is 3.28. The molecule has 11 heteroatoms. The number of rotatable bonds is 6. The van der Waals surface area contributed by atoms with Crippen LogP contribution in [0.3, 0.4) is 0 Å². The molecule has 0 radical (unpaired) electrons. The minimum Gasteiger partial charge on any atom is -0.496 e. The maximum absolute atomic E-state index is 12.7. The van der Waals surface area contributed by atoms with Crippen molar-refractivity contribution in [3.05, 3.63) is 52.2 Å². The highest BCUT2D eigenvalue weighted by Gasteiger charge is 2.45. The number of halogens is 3. The van der Waals surface area contributed by atoms with Crippen LogP contribution in [0.1, 0.15) is 36.1 Å². The van der Waals surface area contributed by atoms with E-state index in [0.29, 0.717) is 13.0 Å². The lowest BCUT2D eigenvalue weighted by Gasteiger charge is -2.49. The first-order valence-corrected chi connectivity index (χ1v) is 12.6. The highest BCUT2D eigenvalue weighted by Crippen LogP contribution is 2.36. The Morgan fingerprint density at radius 2 is 2.00 bits per heavy atom. The molecule has 1 aliphatic carbocycles. The van der Waals surface area contributed by atoms with Crippen molar-refractivity contribution in [1.29, 1.82) is 0 Å². The van der Waals surface area contributed by atoms with Gasteiger partial charge in [0.05, 0.1) is 26.2 Å². The van der Waals surface area contributed by atoms with Crippen LogP contribution in [-0.2, 0) is 27.3 Å². The van der Waals surface area contributed by atoms with Crippen LogP contribution in [0.2, 0.25) is 0 Å². The molecule has 0 bridgehead atoms. The number of carbonyl (C=O) groups is 2. The molecule has 1 spiro atoms. The first-order valence-electron chi connectivity index (χ1n) is 11.7. The molecule has 2 aromatic rings. The number of amides is 1. The van der Waals surface area contributed by atoms with Gasteiger partial charge in [-0.2, -0.15) is 13.2 Å². The average Bonchev–Trinajstić information content (AvgIpc) is 3.34. The second-order valence-corrected chi connectivity index (χ2v) is 9.89. The molecule has 2 atom stereocenters. The van der Waals surface area contributed by atoms with Crippen LogP contribution in [0.15, 0.2) is 41.8 Å². The molecule has 4 rings (SSSR count). The van der Waals surface area contributed by atoms with Gasteiger partial charge in [0.25, 0.3) is 0 Å². The first-order chi connectivity index (χ1) is 17.1. The average molecular weight is 529 g/mol. The van der Waals surface area contributed by atoms with Crippen molar-refractivity contribution in [1.82, 2.24) is 10.2 Å².